The molecule has 0 aromatic heterocycles. The Morgan fingerprint density at radius 1 is 1.33 bits per heavy atom. The first kappa shape index (κ1) is 13.4. The van der Waals surface area contributed by atoms with Gasteiger partial charge in [0.15, 0.2) is 6.19 Å². The van der Waals surface area contributed by atoms with Gasteiger partial charge in [-0.1, -0.05) is 24.3 Å². The number of hydrogen-bond donors (Lipinski definition) is 2. The lowest BCUT2D eigenvalue weighted by atomic mass is 10.1. The second-order valence-corrected chi connectivity index (χ2v) is 2.86. The molecule has 0 saturated heterocycles. The van der Waals surface area contributed by atoms with Gasteiger partial charge in [0, 0.05) is 6.54 Å². The van der Waals surface area contributed by atoms with E-state index < -0.39 is 0 Å². The van der Waals surface area contributed by atoms with Crippen LogP contribution in [0.5, 0.6) is 0 Å². The molecule has 3 N–H and O–H groups in total. The van der Waals surface area contributed by atoms with Crippen molar-refractivity contribution in [2.45, 2.75) is 13.0 Å². The molecule has 1 amide bonds. The Hall–Kier alpha value is -1.57. The second kappa shape index (κ2) is 6.82. The summed E-state index contributed by atoms with van der Waals surface area (Å²) in [6.07, 6.45) is 1.81. The van der Waals surface area contributed by atoms with Crippen molar-refractivity contribution in [3.63, 3.8) is 0 Å². The summed E-state index contributed by atoms with van der Waals surface area (Å²) in [4.78, 5) is 11.0. The van der Waals surface area contributed by atoms with Gasteiger partial charge < -0.3 is 5.73 Å². The molecule has 0 saturated carbocycles. The van der Waals surface area contributed by atoms with Crippen molar-refractivity contribution < 1.29 is 4.79 Å². The molecular formula is C10H12ClN3O. The summed E-state index contributed by atoms with van der Waals surface area (Å²) in [6, 6.07) is 7.41. The fraction of sp³-hybridized carbons (Fsp3) is 0.200. The molecule has 1 aromatic rings. The molecule has 0 spiro atoms. The first-order valence-electron chi connectivity index (χ1n) is 4.22. The number of nitrogens with two attached hydrogens (primary N) is 1. The van der Waals surface area contributed by atoms with Gasteiger partial charge in [0.25, 0.3) is 0 Å². The van der Waals surface area contributed by atoms with Crippen LogP contribution < -0.4 is 11.1 Å². The summed E-state index contributed by atoms with van der Waals surface area (Å²) >= 11 is 0. The van der Waals surface area contributed by atoms with Gasteiger partial charge in [-0.05, 0) is 11.1 Å². The highest BCUT2D eigenvalue weighted by molar-refractivity contribution is 5.85. The average molecular weight is 226 g/mol. The number of carbonyl (C=O) groups excluding carboxylic acids is 1. The van der Waals surface area contributed by atoms with E-state index in [1.54, 1.807) is 6.19 Å². The van der Waals surface area contributed by atoms with Gasteiger partial charge in [0.1, 0.15) is 0 Å². The summed E-state index contributed by atoms with van der Waals surface area (Å²) in [5.74, 6) is -0.298. The minimum absolute atomic E-state index is 0. The molecule has 0 aliphatic carbocycles. The van der Waals surface area contributed by atoms with Crippen LogP contribution in [0.25, 0.3) is 0 Å². The number of rotatable bonds is 3. The van der Waals surface area contributed by atoms with Gasteiger partial charge in [0.05, 0.1) is 6.42 Å². The van der Waals surface area contributed by atoms with Crippen LogP contribution in [0.2, 0.25) is 0 Å². The van der Waals surface area contributed by atoms with Crippen LogP contribution in [0.4, 0.5) is 0 Å². The monoisotopic (exact) mass is 225 g/mol. The third-order valence-corrected chi connectivity index (χ3v) is 1.82. The molecule has 0 heterocycles. The molecule has 0 aliphatic rings. The van der Waals surface area contributed by atoms with E-state index in [0.717, 1.165) is 11.1 Å². The van der Waals surface area contributed by atoms with Crippen molar-refractivity contribution in [3.8, 4) is 6.19 Å². The normalized spacial score (nSPS) is 8.53. The van der Waals surface area contributed by atoms with Gasteiger partial charge in [-0.25, -0.2) is 0 Å². The van der Waals surface area contributed by atoms with E-state index >= 15 is 0 Å². The predicted octanol–water partition coefficient (Wildman–Crippen LogP) is 0.707. The summed E-state index contributed by atoms with van der Waals surface area (Å²) in [6.45, 7) is 0.491. The smallest absolute Gasteiger partial charge is 0.237 e. The highest BCUT2D eigenvalue weighted by atomic mass is 35.5. The van der Waals surface area contributed by atoms with Crippen LogP contribution in [-0.4, -0.2) is 5.91 Å². The third kappa shape index (κ3) is 4.45. The molecule has 1 rings (SSSR count). The lowest BCUT2D eigenvalue weighted by Crippen LogP contribution is -2.19. The van der Waals surface area contributed by atoms with Gasteiger partial charge >= 0.3 is 0 Å². The number of benzene rings is 1. The van der Waals surface area contributed by atoms with Crippen LogP contribution in [0, 0.1) is 11.5 Å². The maximum Gasteiger partial charge on any atom is 0.237 e. The van der Waals surface area contributed by atoms with Crippen LogP contribution in [0.3, 0.4) is 0 Å². The van der Waals surface area contributed by atoms with Crippen molar-refractivity contribution in [3.05, 3.63) is 35.4 Å². The number of carbonyl (C=O) groups is 1. The fourth-order valence-corrected chi connectivity index (χ4v) is 1.09. The van der Waals surface area contributed by atoms with Crippen molar-refractivity contribution in [2.75, 3.05) is 0 Å². The van der Waals surface area contributed by atoms with Gasteiger partial charge in [-0.15, -0.1) is 12.4 Å². The van der Waals surface area contributed by atoms with Gasteiger partial charge in [-0.2, -0.15) is 5.26 Å². The molecule has 1 aromatic carbocycles. The second-order valence-electron chi connectivity index (χ2n) is 2.86. The summed E-state index contributed by atoms with van der Waals surface area (Å²) in [5.41, 5.74) is 7.32. The number of amides is 1. The Labute approximate surface area is 94.5 Å². The molecular weight excluding hydrogens is 214 g/mol. The Kier molecular flexibility index (Phi) is 6.11. The van der Waals surface area contributed by atoms with Gasteiger partial charge in [0.2, 0.25) is 5.91 Å². The van der Waals surface area contributed by atoms with Crippen molar-refractivity contribution >= 4 is 18.3 Å². The fourth-order valence-electron chi connectivity index (χ4n) is 1.09. The molecule has 4 nitrogen and oxygen atoms in total. The Balaban J connectivity index is 0.00000196. The largest absolute Gasteiger partial charge is 0.326 e. The third-order valence-electron chi connectivity index (χ3n) is 1.82. The van der Waals surface area contributed by atoms with E-state index in [0.29, 0.717) is 6.54 Å². The molecule has 0 radical (unpaired) electrons. The molecule has 15 heavy (non-hydrogen) atoms. The molecule has 0 atom stereocenters. The Morgan fingerprint density at radius 2 is 1.87 bits per heavy atom. The van der Waals surface area contributed by atoms with E-state index in [1.165, 1.54) is 0 Å². The molecule has 0 bridgehead atoms. The van der Waals surface area contributed by atoms with Crippen molar-refractivity contribution in [2.24, 2.45) is 5.73 Å². The lowest BCUT2D eigenvalue weighted by molar-refractivity contribution is -0.119. The molecule has 5 heteroatoms. The van der Waals surface area contributed by atoms with Crippen LogP contribution in [0.15, 0.2) is 24.3 Å². The zero-order valence-electron chi connectivity index (χ0n) is 8.06. The van der Waals surface area contributed by atoms with Crippen LogP contribution in [-0.2, 0) is 17.8 Å². The number of nitrogens with zero attached hydrogens (tertiary/aromatic N) is 1. The van der Waals surface area contributed by atoms with E-state index in [4.69, 9.17) is 11.0 Å². The van der Waals surface area contributed by atoms with Crippen molar-refractivity contribution in [1.29, 1.82) is 5.26 Å². The zero-order valence-corrected chi connectivity index (χ0v) is 8.88. The molecule has 80 valence electrons. The number of nitrogens with one attached hydrogen (secondary N) is 1. The first-order valence-corrected chi connectivity index (χ1v) is 4.22. The van der Waals surface area contributed by atoms with E-state index in [2.05, 4.69) is 5.32 Å². The Bertz CT molecular complexity index is 356. The maximum absolute atomic E-state index is 11.0. The minimum atomic E-state index is -0.298. The minimum Gasteiger partial charge on any atom is -0.326 e. The van der Waals surface area contributed by atoms with E-state index in [-0.39, 0.29) is 24.7 Å². The topological polar surface area (TPSA) is 78.9 Å². The first-order chi connectivity index (χ1) is 6.76. The summed E-state index contributed by atoms with van der Waals surface area (Å²) in [5, 5.41) is 10.3. The van der Waals surface area contributed by atoms with Crippen LogP contribution in [0.1, 0.15) is 11.1 Å². The highest BCUT2D eigenvalue weighted by Gasteiger charge is 2.01. The Morgan fingerprint density at radius 3 is 2.33 bits per heavy atom. The van der Waals surface area contributed by atoms with Crippen LogP contribution >= 0.6 is 12.4 Å². The number of hydrogen-bond acceptors (Lipinski definition) is 3. The highest BCUT2D eigenvalue weighted by Crippen LogP contribution is 2.04. The predicted molar refractivity (Wildman–Crippen MR) is 59.0 cm³/mol. The lowest BCUT2D eigenvalue weighted by Gasteiger charge is -2.00. The standard InChI is InChI=1S/C10H11N3O.ClH/c11-6-9-3-1-8(2-4-9)5-10(14)13-7-12;/h1-4H,5-6,11H2,(H,13,14);1H. The van der Waals surface area contributed by atoms with Gasteiger partial charge in [-0.3, -0.25) is 10.1 Å². The SMILES string of the molecule is Cl.N#CNC(=O)Cc1ccc(CN)cc1. The maximum atomic E-state index is 11.0. The van der Waals surface area contributed by atoms with Crippen molar-refractivity contribution in [1.82, 2.24) is 5.32 Å². The van der Waals surface area contributed by atoms with E-state index in [9.17, 15) is 4.79 Å². The summed E-state index contributed by atoms with van der Waals surface area (Å²) < 4.78 is 0. The summed E-state index contributed by atoms with van der Waals surface area (Å²) in [7, 11) is 0. The zero-order chi connectivity index (χ0) is 10.4. The molecule has 0 aliphatic heterocycles. The quantitative estimate of drug-likeness (QED) is 0.587. The average Bonchev–Trinajstić information content (AvgIpc) is 2.19. The number of halogens is 1. The number of nitriles is 1. The van der Waals surface area contributed by atoms with E-state index in [1.807, 2.05) is 24.3 Å². The molecule has 0 unspecified atom stereocenters. The molecule has 0 fully saturated rings.